The summed E-state index contributed by atoms with van der Waals surface area (Å²) in [5.74, 6) is 0. The van der Waals surface area contributed by atoms with Gasteiger partial charge in [0.15, 0.2) is 0 Å². The fourth-order valence-corrected chi connectivity index (χ4v) is 4.99. The van der Waals surface area contributed by atoms with Gasteiger partial charge in [0.05, 0.1) is 0 Å². The molecule has 2 aliphatic rings. The molecule has 1 heterocycles. The van der Waals surface area contributed by atoms with Crippen LogP contribution >= 0.6 is 12.4 Å². The first-order valence-corrected chi connectivity index (χ1v) is 11.0. The van der Waals surface area contributed by atoms with Crippen molar-refractivity contribution >= 4 is 18.1 Å². The van der Waals surface area contributed by atoms with E-state index in [0.29, 0.717) is 12.1 Å². The van der Waals surface area contributed by atoms with Gasteiger partial charge in [-0.15, -0.1) is 12.4 Å². The van der Waals surface area contributed by atoms with Crippen LogP contribution in [0.15, 0.2) is 54.6 Å². The maximum Gasteiger partial charge on any atom is 0.0371 e. The van der Waals surface area contributed by atoms with Crippen LogP contribution in [-0.2, 0) is 12.8 Å². The first-order chi connectivity index (χ1) is 13.3. The van der Waals surface area contributed by atoms with Crippen molar-refractivity contribution in [2.75, 3.05) is 24.5 Å². The van der Waals surface area contributed by atoms with Gasteiger partial charge >= 0.3 is 0 Å². The quantitative estimate of drug-likeness (QED) is 0.587. The lowest BCUT2D eigenvalue weighted by Gasteiger charge is -2.41. The number of hydrogen-bond acceptors (Lipinski definition) is 2. The summed E-state index contributed by atoms with van der Waals surface area (Å²) in [6.45, 7) is 6.05. The van der Waals surface area contributed by atoms with Crippen molar-refractivity contribution in [2.24, 2.45) is 0 Å². The van der Waals surface area contributed by atoms with E-state index < -0.39 is 0 Å². The number of halogens is 1. The molecule has 28 heavy (non-hydrogen) atoms. The summed E-state index contributed by atoms with van der Waals surface area (Å²) in [5, 5.41) is 0. The third kappa shape index (κ3) is 4.90. The van der Waals surface area contributed by atoms with Crippen molar-refractivity contribution in [1.29, 1.82) is 0 Å². The van der Waals surface area contributed by atoms with Gasteiger partial charge in [-0.3, -0.25) is 4.90 Å². The standard InChI is InChI=1S/C25H34N2.ClH/c1-2-3-16-26-17-10-9-15-24(26)20-27(23-13-5-4-6-14-23)25-18-21-11-7-8-12-22(21)19-25;/h4-8,11-14,24-25H,2-3,9-10,15-20H2,1H3;1H. The highest BCUT2D eigenvalue weighted by atomic mass is 35.5. The normalized spacial score (nSPS) is 19.8. The second kappa shape index (κ2) is 10.3. The lowest BCUT2D eigenvalue weighted by atomic mass is 9.99. The molecule has 0 radical (unpaired) electrons. The van der Waals surface area contributed by atoms with E-state index in [1.54, 1.807) is 11.1 Å². The number of rotatable bonds is 7. The van der Waals surface area contributed by atoms with E-state index in [2.05, 4.69) is 71.3 Å². The second-order valence-electron chi connectivity index (χ2n) is 8.36. The summed E-state index contributed by atoms with van der Waals surface area (Å²) < 4.78 is 0. The number of anilines is 1. The molecular formula is C25H35ClN2. The van der Waals surface area contributed by atoms with E-state index in [-0.39, 0.29) is 12.4 Å². The van der Waals surface area contributed by atoms with E-state index in [9.17, 15) is 0 Å². The fraction of sp³-hybridized carbons (Fsp3) is 0.520. The number of para-hydroxylation sites is 1. The van der Waals surface area contributed by atoms with Crippen LogP contribution in [0.5, 0.6) is 0 Å². The number of fused-ring (bicyclic) bond motifs is 1. The molecule has 2 nitrogen and oxygen atoms in total. The van der Waals surface area contributed by atoms with Gasteiger partial charge in [-0.05, 0) is 68.5 Å². The molecule has 2 aromatic carbocycles. The Bertz CT molecular complexity index is 692. The summed E-state index contributed by atoms with van der Waals surface area (Å²) in [4.78, 5) is 5.51. The van der Waals surface area contributed by atoms with Crippen LogP contribution < -0.4 is 4.90 Å². The molecule has 2 aromatic rings. The number of hydrogen-bond donors (Lipinski definition) is 0. The van der Waals surface area contributed by atoms with E-state index in [0.717, 1.165) is 0 Å². The predicted octanol–water partition coefficient (Wildman–Crippen LogP) is 5.74. The number of nitrogens with zero attached hydrogens (tertiary/aromatic N) is 2. The van der Waals surface area contributed by atoms with E-state index in [1.165, 1.54) is 70.3 Å². The lowest BCUT2D eigenvalue weighted by Crippen LogP contribution is -2.50. The molecule has 1 atom stereocenters. The van der Waals surface area contributed by atoms with Crippen molar-refractivity contribution < 1.29 is 0 Å². The molecule has 0 aromatic heterocycles. The van der Waals surface area contributed by atoms with Crippen LogP contribution in [0.4, 0.5) is 5.69 Å². The van der Waals surface area contributed by atoms with Gasteiger partial charge in [0.25, 0.3) is 0 Å². The first-order valence-electron chi connectivity index (χ1n) is 11.0. The largest absolute Gasteiger partial charge is 0.366 e. The molecule has 4 rings (SSSR count). The van der Waals surface area contributed by atoms with Crippen LogP contribution in [0, 0.1) is 0 Å². The zero-order valence-corrected chi connectivity index (χ0v) is 18.0. The third-order valence-electron chi connectivity index (χ3n) is 6.51. The molecule has 1 fully saturated rings. The molecule has 1 aliphatic heterocycles. The average Bonchev–Trinajstić information content (AvgIpc) is 3.15. The number of unbranched alkanes of at least 4 members (excludes halogenated alkanes) is 1. The molecule has 0 N–H and O–H groups in total. The maximum absolute atomic E-state index is 2.78. The average molecular weight is 399 g/mol. The van der Waals surface area contributed by atoms with Crippen molar-refractivity contribution in [3.05, 3.63) is 65.7 Å². The molecule has 0 bridgehead atoms. The summed E-state index contributed by atoms with van der Waals surface area (Å²) in [6.07, 6.45) is 9.12. The fourth-order valence-electron chi connectivity index (χ4n) is 4.99. The van der Waals surface area contributed by atoms with Crippen LogP contribution in [-0.4, -0.2) is 36.6 Å². The Morgan fingerprint density at radius 1 is 0.929 bits per heavy atom. The van der Waals surface area contributed by atoms with Crippen molar-refractivity contribution in [3.63, 3.8) is 0 Å². The smallest absolute Gasteiger partial charge is 0.0371 e. The van der Waals surface area contributed by atoms with E-state index >= 15 is 0 Å². The van der Waals surface area contributed by atoms with Gasteiger partial charge in [-0.2, -0.15) is 0 Å². The topological polar surface area (TPSA) is 6.48 Å². The zero-order valence-electron chi connectivity index (χ0n) is 17.2. The summed E-state index contributed by atoms with van der Waals surface area (Å²) in [6, 6.07) is 21.5. The van der Waals surface area contributed by atoms with Crippen LogP contribution in [0.3, 0.4) is 0 Å². The lowest BCUT2D eigenvalue weighted by molar-refractivity contribution is 0.147. The molecule has 0 amide bonds. The minimum atomic E-state index is 0. The molecular weight excluding hydrogens is 364 g/mol. The Kier molecular flexibility index (Phi) is 7.82. The zero-order chi connectivity index (χ0) is 18.5. The summed E-state index contributed by atoms with van der Waals surface area (Å²) in [7, 11) is 0. The summed E-state index contributed by atoms with van der Waals surface area (Å²) in [5.41, 5.74) is 4.50. The monoisotopic (exact) mass is 398 g/mol. The Morgan fingerprint density at radius 3 is 2.29 bits per heavy atom. The molecule has 152 valence electrons. The number of piperidine rings is 1. The Morgan fingerprint density at radius 2 is 1.61 bits per heavy atom. The van der Waals surface area contributed by atoms with Gasteiger partial charge < -0.3 is 4.90 Å². The van der Waals surface area contributed by atoms with E-state index in [4.69, 9.17) is 0 Å². The Balaban J connectivity index is 0.00000225. The molecule has 0 spiro atoms. The van der Waals surface area contributed by atoms with Gasteiger partial charge in [0.2, 0.25) is 0 Å². The van der Waals surface area contributed by atoms with Gasteiger partial charge in [-0.25, -0.2) is 0 Å². The molecule has 0 saturated carbocycles. The number of benzene rings is 2. The first kappa shape index (κ1) is 21.2. The maximum atomic E-state index is 2.78. The van der Waals surface area contributed by atoms with Gasteiger partial charge in [0, 0.05) is 24.3 Å². The summed E-state index contributed by atoms with van der Waals surface area (Å²) >= 11 is 0. The minimum absolute atomic E-state index is 0. The molecule has 3 heteroatoms. The number of likely N-dealkylation sites (tertiary alicyclic amines) is 1. The molecule has 1 unspecified atom stereocenters. The highest BCUT2D eigenvalue weighted by Crippen LogP contribution is 2.30. The minimum Gasteiger partial charge on any atom is -0.366 e. The predicted molar refractivity (Wildman–Crippen MR) is 123 cm³/mol. The van der Waals surface area contributed by atoms with E-state index in [1.807, 2.05) is 0 Å². The second-order valence-corrected chi connectivity index (χ2v) is 8.36. The Labute approximate surface area is 177 Å². The van der Waals surface area contributed by atoms with Gasteiger partial charge in [-0.1, -0.05) is 62.2 Å². The highest BCUT2D eigenvalue weighted by Gasteiger charge is 2.31. The van der Waals surface area contributed by atoms with Crippen molar-refractivity contribution in [3.8, 4) is 0 Å². The SMILES string of the molecule is CCCCN1CCCCC1CN(c1ccccc1)C1Cc2ccccc2C1.Cl. The highest BCUT2D eigenvalue weighted by molar-refractivity contribution is 5.85. The van der Waals surface area contributed by atoms with Gasteiger partial charge in [0.1, 0.15) is 0 Å². The third-order valence-corrected chi connectivity index (χ3v) is 6.51. The van der Waals surface area contributed by atoms with Crippen LogP contribution in [0.2, 0.25) is 0 Å². The van der Waals surface area contributed by atoms with Crippen LogP contribution in [0.1, 0.15) is 50.2 Å². The molecule has 1 aliphatic carbocycles. The molecule has 1 saturated heterocycles. The Hall–Kier alpha value is -1.51. The van der Waals surface area contributed by atoms with Crippen LogP contribution in [0.25, 0.3) is 0 Å². The van der Waals surface area contributed by atoms with Crippen molar-refractivity contribution in [1.82, 2.24) is 4.90 Å². The van der Waals surface area contributed by atoms with Crippen molar-refractivity contribution in [2.45, 2.75) is 64.0 Å².